The van der Waals surface area contributed by atoms with Crippen LogP contribution >= 0.6 is 23.2 Å². The topological polar surface area (TPSA) is 64.6 Å². The third-order valence-electron chi connectivity index (χ3n) is 2.75. The Labute approximate surface area is 133 Å². The summed E-state index contributed by atoms with van der Waals surface area (Å²) < 4.78 is 9.88. The van der Waals surface area contributed by atoms with Crippen molar-refractivity contribution >= 4 is 35.1 Å². The molecule has 7 heteroatoms. The number of halogens is 2. The van der Waals surface area contributed by atoms with Crippen LogP contribution in [0.4, 0.5) is 0 Å². The molecule has 1 atom stereocenters. The lowest BCUT2D eigenvalue weighted by atomic mass is 10.1. The van der Waals surface area contributed by atoms with Gasteiger partial charge in [-0.05, 0) is 24.6 Å². The molecule has 0 aliphatic heterocycles. The van der Waals surface area contributed by atoms with E-state index in [0.717, 1.165) is 0 Å². The predicted octanol–water partition coefficient (Wildman–Crippen LogP) is 2.83. The van der Waals surface area contributed by atoms with Crippen molar-refractivity contribution in [3.8, 4) is 5.75 Å². The van der Waals surface area contributed by atoms with Crippen LogP contribution in [0.5, 0.6) is 5.75 Å². The van der Waals surface area contributed by atoms with Crippen LogP contribution in [0, 0.1) is 0 Å². The van der Waals surface area contributed by atoms with Crippen LogP contribution in [0.1, 0.15) is 19.8 Å². The first kappa shape index (κ1) is 17.6. The second-order valence-corrected chi connectivity index (χ2v) is 5.16. The summed E-state index contributed by atoms with van der Waals surface area (Å²) in [4.78, 5) is 23.0. The average molecular weight is 334 g/mol. The summed E-state index contributed by atoms with van der Waals surface area (Å²) in [6.45, 7) is 1.67. The first-order chi connectivity index (χ1) is 9.96. The zero-order valence-electron chi connectivity index (χ0n) is 11.8. The molecule has 1 N–H and O–H groups in total. The molecule has 5 nitrogen and oxygen atoms in total. The third kappa shape index (κ3) is 6.23. The molecule has 1 amide bonds. The van der Waals surface area contributed by atoms with Crippen molar-refractivity contribution in [2.75, 3.05) is 13.7 Å². The van der Waals surface area contributed by atoms with Gasteiger partial charge in [0.1, 0.15) is 5.75 Å². The van der Waals surface area contributed by atoms with Crippen LogP contribution < -0.4 is 10.1 Å². The van der Waals surface area contributed by atoms with Crippen LogP contribution in [0.25, 0.3) is 0 Å². The monoisotopic (exact) mass is 333 g/mol. The molecule has 21 heavy (non-hydrogen) atoms. The molecule has 1 aromatic rings. The Balaban J connectivity index is 2.47. The molecule has 0 bridgehead atoms. The molecular weight excluding hydrogens is 317 g/mol. The van der Waals surface area contributed by atoms with Crippen molar-refractivity contribution in [3.05, 3.63) is 28.2 Å². The van der Waals surface area contributed by atoms with Crippen LogP contribution in [-0.4, -0.2) is 31.6 Å². The second-order valence-electron chi connectivity index (χ2n) is 4.32. The van der Waals surface area contributed by atoms with Gasteiger partial charge in [-0.25, -0.2) is 0 Å². The normalized spacial score (nSPS) is 11.6. The van der Waals surface area contributed by atoms with E-state index in [1.807, 2.05) is 6.92 Å². The molecule has 0 spiro atoms. The Kier molecular flexibility index (Phi) is 7.32. The van der Waals surface area contributed by atoms with E-state index in [1.54, 1.807) is 12.1 Å². The van der Waals surface area contributed by atoms with Crippen LogP contribution in [0.3, 0.4) is 0 Å². The predicted molar refractivity (Wildman–Crippen MR) is 80.8 cm³/mol. The number of nitrogens with one attached hydrogen (secondary N) is 1. The highest BCUT2D eigenvalue weighted by Gasteiger charge is 2.15. The molecule has 116 valence electrons. The van der Waals surface area contributed by atoms with Gasteiger partial charge in [0, 0.05) is 11.1 Å². The molecule has 0 heterocycles. The quantitative estimate of drug-likeness (QED) is 0.779. The Morgan fingerprint density at radius 3 is 2.62 bits per heavy atom. The van der Waals surface area contributed by atoms with E-state index in [-0.39, 0.29) is 30.9 Å². The van der Waals surface area contributed by atoms with Crippen molar-refractivity contribution in [2.24, 2.45) is 0 Å². The molecular formula is C14H17Cl2NO4. The first-order valence-corrected chi connectivity index (χ1v) is 7.15. The summed E-state index contributed by atoms with van der Waals surface area (Å²) in [5.74, 6) is -0.335. The van der Waals surface area contributed by atoms with Gasteiger partial charge in [-0.15, -0.1) is 0 Å². The van der Waals surface area contributed by atoms with E-state index < -0.39 is 0 Å². The highest BCUT2D eigenvalue weighted by atomic mass is 35.5. The molecule has 0 saturated carbocycles. The van der Waals surface area contributed by atoms with Crippen LogP contribution in [0.2, 0.25) is 10.0 Å². The lowest BCUT2D eigenvalue weighted by Crippen LogP contribution is -2.39. The number of benzene rings is 1. The van der Waals surface area contributed by atoms with Gasteiger partial charge < -0.3 is 14.8 Å². The number of hydrogen-bond acceptors (Lipinski definition) is 4. The van der Waals surface area contributed by atoms with Crippen molar-refractivity contribution in [1.82, 2.24) is 5.32 Å². The number of esters is 1. The number of carbonyl (C=O) groups is 2. The summed E-state index contributed by atoms with van der Waals surface area (Å²) in [7, 11) is 1.31. The van der Waals surface area contributed by atoms with Crippen molar-refractivity contribution in [3.63, 3.8) is 0 Å². The third-order valence-corrected chi connectivity index (χ3v) is 3.28. The van der Waals surface area contributed by atoms with Crippen molar-refractivity contribution < 1.29 is 19.1 Å². The van der Waals surface area contributed by atoms with Crippen LogP contribution in [0.15, 0.2) is 18.2 Å². The van der Waals surface area contributed by atoms with Gasteiger partial charge in [0.15, 0.2) is 6.61 Å². The smallest absolute Gasteiger partial charge is 0.307 e. The molecule has 0 aromatic heterocycles. The van der Waals surface area contributed by atoms with E-state index in [9.17, 15) is 9.59 Å². The molecule has 0 radical (unpaired) electrons. The Morgan fingerprint density at radius 1 is 1.33 bits per heavy atom. The van der Waals surface area contributed by atoms with Crippen molar-refractivity contribution in [2.45, 2.75) is 25.8 Å². The van der Waals surface area contributed by atoms with E-state index in [0.29, 0.717) is 22.2 Å². The average Bonchev–Trinajstić information content (AvgIpc) is 2.45. The maximum atomic E-state index is 11.8. The van der Waals surface area contributed by atoms with Gasteiger partial charge in [0.05, 0.1) is 18.6 Å². The van der Waals surface area contributed by atoms with Gasteiger partial charge in [0.25, 0.3) is 5.91 Å². The van der Waals surface area contributed by atoms with E-state index in [4.69, 9.17) is 27.9 Å². The maximum Gasteiger partial charge on any atom is 0.307 e. The molecule has 0 aliphatic carbocycles. The highest BCUT2D eigenvalue weighted by molar-refractivity contribution is 6.35. The van der Waals surface area contributed by atoms with Crippen LogP contribution in [-0.2, 0) is 14.3 Å². The number of hydrogen-bond donors (Lipinski definition) is 1. The van der Waals surface area contributed by atoms with Gasteiger partial charge in [-0.1, -0.05) is 30.1 Å². The molecule has 1 rings (SSSR count). The molecule has 1 unspecified atom stereocenters. The van der Waals surface area contributed by atoms with Gasteiger partial charge in [-0.3, -0.25) is 9.59 Å². The lowest BCUT2D eigenvalue weighted by molar-refractivity contribution is -0.141. The van der Waals surface area contributed by atoms with E-state index >= 15 is 0 Å². The molecule has 0 aliphatic rings. The largest absolute Gasteiger partial charge is 0.482 e. The minimum atomic E-state index is -0.371. The molecule has 1 aromatic carbocycles. The standard InChI is InChI=1S/C14H17Cl2NO4/c1-3-10(7-14(19)20-2)17-13(18)8-21-12-5-4-9(15)6-11(12)16/h4-6,10H,3,7-8H2,1-2H3,(H,17,18). The molecule has 0 saturated heterocycles. The summed E-state index contributed by atoms with van der Waals surface area (Å²) in [5, 5.41) is 3.52. The minimum absolute atomic E-state index is 0.125. The van der Waals surface area contributed by atoms with Gasteiger partial charge in [0.2, 0.25) is 0 Å². The number of methoxy groups -OCH3 is 1. The Morgan fingerprint density at radius 2 is 2.05 bits per heavy atom. The molecule has 0 fully saturated rings. The summed E-state index contributed by atoms with van der Waals surface area (Å²) >= 11 is 11.7. The number of amides is 1. The number of ether oxygens (including phenoxy) is 2. The van der Waals surface area contributed by atoms with E-state index in [2.05, 4.69) is 10.1 Å². The Bertz CT molecular complexity index is 508. The summed E-state index contributed by atoms with van der Waals surface area (Å²) in [6.07, 6.45) is 0.739. The SMILES string of the molecule is CCC(CC(=O)OC)NC(=O)COc1ccc(Cl)cc1Cl. The van der Waals surface area contributed by atoms with E-state index in [1.165, 1.54) is 13.2 Å². The van der Waals surface area contributed by atoms with Gasteiger partial charge >= 0.3 is 5.97 Å². The zero-order chi connectivity index (χ0) is 15.8. The maximum absolute atomic E-state index is 11.8. The number of carbonyl (C=O) groups excluding carboxylic acids is 2. The summed E-state index contributed by atoms with van der Waals surface area (Å²) in [6, 6.07) is 4.45. The fourth-order valence-corrected chi connectivity index (χ4v) is 2.05. The highest BCUT2D eigenvalue weighted by Crippen LogP contribution is 2.27. The van der Waals surface area contributed by atoms with Gasteiger partial charge in [-0.2, -0.15) is 0 Å². The lowest BCUT2D eigenvalue weighted by Gasteiger charge is -2.16. The first-order valence-electron chi connectivity index (χ1n) is 6.40. The zero-order valence-corrected chi connectivity index (χ0v) is 13.3. The number of rotatable bonds is 7. The fourth-order valence-electron chi connectivity index (χ4n) is 1.59. The summed E-state index contributed by atoms with van der Waals surface area (Å²) in [5.41, 5.74) is 0. The Hall–Kier alpha value is -1.46. The second kappa shape index (κ2) is 8.74. The minimum Gasteiger partial charge on any atom is -0.482 e. The fraction of sp³-hybridized carbons (Fsp3) is 0.429. The van der Waals surface area contributed by atoms with Crippen molar-refractivity contribution in [1.29, 1.82) is 0 Å².